The van der Waals surface area contributed by atoms with E-state index in [1.165, 1.54) is 6.07 Å². The van der Waals surface area contributed by atoms with Crippen LogP contribution in [-0.2, 0) is 6.42 Å². The molecule has 1 rings (SSSR count). The Labute approximate surface area is 114 Å². The Kier molecular flexibility index (Phi) is 5.16. The van der Waals surface area contributed by atoms with Gasteiger partial charge in [-0.2, -0.15) is 0 Å². The molecule has 3 heteroatoms. The van der Waals surface area contributed by atoms with Crippen LogP contribution in [-0.4, -0.2) is 16.0 Å². The second-order valence-corrected chi connectivity index (χ2v) is 5.50. The lowest BCUT2D eigenvalue weighted by Gasteiger charge is -2.10. The highest BCUT2D eigenvalue weighted by Crippen LogP contribution is 2.29. The van der Waals surface area contributed by atoms with Crippen LogP contribution in [0.4, 0.5) is 0 Å². The van der Waals surface area contributed by atoms with Crippen molar-refractivity contribution in [2.75, 3.05) is 0 Å². The Morgan fingerprint density at radius 2 is 1.84 bits per heavy atom. The van der Waals surface area contributed by atoms with Crippen LogP contribution in [0.2, 0.25) is 0 Å². The van der Waals surface area contributed by atoms with Crippen LogP contribution in [0.25, 0.3) is 0 Å². The molecule has 2 N–H and O–H groups in total. The number of phenolic OH excluding ortho intramolecular Hbond substituents is 2. The Bertz CT molecular complexity index is 495. The molecule has 0 unspecified atom stereocenters. The molecule has 104 valence electrons. The number of ketones is 1. The predicted octanol–water partition coefficient (Wildman–Crippen LogP) is 3.84. The van der Waals surface area contributed by atoms with Gasteiger partial charge in [-0.3, -0.25) is 4.79 Å². The summed E-state index contributed by atoms with van der Waals surface area (Å²) in [5.74, 6) is 0.0214. The zero-order valence-corrected chi connectivity index (χ0v) is 12.0. The Hall–Kier alpha value is -1.77. The fourth-order valence-electron chi connectivity index (χ4n) is 1.80. The molecule has 0 fully saturated rings. The van der Waals surface area contributed by atoms with Crippen LogP contribution in [0.15, 0.2) is 23.8 Å². The molecule has 0 aliphatic heterocycles. The van der Waals surface area contributed by atoms with Gasteiger partial charge in [-0.05, 0) is 37.8 Å². The van der Waals surface area contributed by atoms with E-state index in [0.29, 0.717) is 24.0 Å². The largest absolute Gasteiger partial charge is 0.508 e. The lowest BCUT2D eigenvalue weighted by molar-refractivity contribution is 0.0965. The lowest BCUT2D eigenvalue weighted by atomic mass is 9.97. The fraction of sp³-hybridized carbons (Fsp3) is 0.438. The van der Waals surface area contributed by atoms with Gasteiger partial charge in [0.1, 0.15) is 11.5 Å². The zero-order chi connectivity index (χ0) is 14.6. The van der Waals surface area contributed by atoms with Gasteiger partial charge in [-0.25, -0.2) is 0 Å². The summed E-state index contributed by atoms with van der Waals surface area (Å²) in [6, 6.07) is 2.84. The summed E-state index contributed by atoms with van der Waals surface area (Å²) < 4.78 is 0. The van der Waals surface area contributed by atoms with E-state index in [1.807, 2.05) is 33.8 Å². The summed E-state index contributed by atoms with van der Waals surface area (Å²) >= 11 is 0. The second-order valence-electron chi connectivity index (χ2n) is 5.50. The van der Waals surface area contributed by atoms with Gasteiger partial charge < -0.3 is 10.2 Å². The number of hydrogen-bond donors (Lipinski definition) is 2. The summed E-state index contributed by atoms with van der Waals surface area (Å²) in [4.78, 5) is 12.0. The fourth-order valence-corrected chi connectivity index (χ4v) is 1.80. The quantitative estimate of drug-likeness (QED) is 0.626. The lowest BCUT2D eigenvalue weighted by Crippen LogP contribution is -2.04. The summed E-state index contributed by atoms with van der Waals surface area (Å²) in [5, 5.41) is 19.6. The first kappa shape index (κ1) is 15.3. The van der Waals surface area contributed by atoms with Gasteiger partial charge in [0, 0.05) is 12.5 Å². The topological polar surface area (TPSA) is 57.5 Å². The van der Waals surface area contributed by atoms with Crippen molar-refractivity contribution < 1.29 is 15.0 Å². The molecule has 1 aromatic carbocycles. The van der Waals surface area contributed by atoms with Crippen LogP contribution >= 0.6 is 0 Å². The van der Waals surface area contributed by atoms with E-state index in [1.54, 1.807) is 6.07 Å². The molecule has 0 spiro atoms. The van der Waals surface area contributed by atoms with Crippen molar-refractivity contribution in [3.05, 3.63) is 34.9 Å². The van der Waals surface area contributed by atoms with Gasteiger partial charge in [-0.1, -0.05) is 25.5 Å². The van der Waals surface area contributed by atoms with Gasteiger partial charge in [0.2, 0.25) is 0 Å². The second kappa shape index (κ2) is 6.41. The Morgan fingerprint density at radius 3 is 2.37 bits per heavy atom. The minimum atomic E-state index is -0.149. The van der Waals surface area contributed by atoms with Crippen LogP contribution in [0.5, 0.6) is 11.5 Å². The minimum Gasteiger partial charge on any atom is -0.508 e. The number of rotatable bonds is 5. The number of phenols is 2. The zero-order valence-electron chi connectivity index (χ0n) is 12.0. The van der Waals surface area contributed by atoms with E-state index < -0.39 is 0 Å². The molecule has 1 aromatic rings. The molecule has 0 saturated carbocycles. The molecule has 0 aromatic heterocycles. The molecule has 3 nitrogen and oxygen atoms in total. The average Bonchev–Trinajstić information content (AvgIpc) is 2.26. The predicted molar refractivity (Wildman–Crippen MR) is 76.7 cm³/mol. The van der Waals surface area contributed by atoms with Crippen LogP contribution in [0.3, 0.4) is 0 Å². The maximum absolute atomic E-state index is 12.0. The summed E-state index contributed by atoms with van der Waals surface area (Å²) in [7, 11) is 0. The first-order valence-electron chi connectivity index (χ1n) is 6.52. The molecule has 0 saturated heterocycles. The first-order valence-corrected chi connectivity index (χ1v) is 6.52. The maximum atomic E-state index is 12.0. The van der Waals surface area contributed by atoms with Crippen LogP contribution in [0.1, 0.15) is 50.0 Å². The molecule has 19 heavy (non-hydrogen) atoms. The van der Waals surface area contributed by atoms with E-state index in [2.05, 4.69) is 0 Å². The molecule has 0 amide bonds. The number of Topliss-reactive ketones (excluding diaryl/α,β-unsaturated/α-hetero) is 1. The average molecular weight is 262 g/mol. The van der Waals surface area contributed by atoms with Crippen molar-refractivity contribution in [3.63, 3.8) is 0 Å². The molecule has 0 aliphatic carbocycles. The van der Waals surface area contributed by atoms with E-state index in [-0.39, 0.29) is 23.2 Å². The molecule has 0 aliphatic rings. The van der Waals surface area contributed by atoms with Crippen LogP contribution in [0, 0.1) is 5.92 Å². The Balaban J connectivity index is 3.09. The van der Waals surface area contributed by atoms with Gasteiger partial charge in [0.25, 0.3) is 0 Å². The van der Waals surface area contributed by atoms with Crippen molar-refractivity contribution in [2.45, 2.75) is 40.5 Å². The van der Waals surface area contributed by atoms with Crippen molar-refractivity contribution in [3.8, 4) is 11.5 Å². The monoisotopic (exact) mass is 262 g/mol. The van der Waals surface area contributed by atoms with Crippen molar-refractivity contribution >= 4 is 5.78 Å². The van der Waals surface area contributed by atoms with E-state index in [0.717, 1.165) is 5.57 Å². The normalized spacial score (nSPS) is 10.6. The summed E-state index contributed by atoms with van der Waals surface area (Å²) in [5.41, 5.74) is 2.09. The first-order chi connectivity index (χ1) is 8.81. The van der Waals surface area contributed by atoms with Gasteiger partial charge in [-0.15, -0.1) is 0 Å². The number of carbonyl (C=O) groups excluding carboxylic acids is 1. The molecule has 0 atom stereocenters. The highest BCUT2D eigenvalue weighted by molar-refractivity contribution is 5.99. The third kappa shape index (κ3) is 4.43. The number of hydrogen-bond acceptors (Lipinski definition) is 3. The molecule has 0 radical (unpaired) electrons. The van der Waals surface area contributed by atoms with Gasteiger partial charge >= 0.3 is 0 Å². The van der Waals surface area contributed by atoms with Gasteiger partial charge in [0.15, 0.2) is 5.78 Å². The van der Waals surface area contributed by atoms with Crippen molar-refractivity contribution in [2.24, 2.45) is 5.92 Å². The smallest absolute Gasteiger partial charge is 0.166 e. The highest BCUT2D eigenvalue weighted by Gasteiger charge is 2.15. The van der Waals surface area contributed by atoms with E-state index in [4.69, 9.17) is 0 Å². The molecular formula is C16H22O3. The maximum Gasteiger partial charge on any atom is 0.166 e. The summed E-state index contributed by atoms with van der Waals surface area (Å²) in [6.45, 7) is 7.86. The van der Waals surface area contributed by atoms with E-state index >= 15 is 0 Å². The SMILES string of the molecule is CC(C)=CCc1cc(C(=O)CC(C)C)c(O)cc1O. The third-order valence-corrected chi connectivity index (χ3v) is 2.82. The third-order valence-electron chi connectivity index (χ3n) is 2.82. The number of allylic oxidation sites excluding steroid dienone is 2. The molecule has 0 heterocycles. The molecular weight excluding hydrogens is 240 g/mol. The number of carbonyl (C=O) groups is 1. The standard InChI is InChI=1S/C16H22O3/c1-10(2)5-6-12-8-13(15(18)7-11(3)4)16(19)9-14(12)17/h5,8-9,11,17,19H,6-7H2,1-4H3. The van der Waals surface area contributed by atoms with Crippen molar-refractivity contribution in [1.82, 2.24) is 0 Å². The molecule has 0 bridgehead atoms. The summed E-state index contributed by atoms with van der Waals surface area (Å²) in [6.07, 6.45) is 2.92. The number of benzene rings is 1. The van der Waals surface area contributed by atoms with Crippen LogP contribution < -0.4 is 0 Å². The van der Waals surface area contributed by atoms with Gasteiger partial charge in [0.05, 0.1) is 5.56 Å². The van der Waals surface area contributed by atoms with E-state index in [9.17, 15) is 15.0 Å². The minimum absolute atomic E-state index is 0.0242. The van der Waals surface area contributed by atoms with Crippen molar-refractivity contribution in [1.29, 1.82) is 0 Å². The highest BCUT2D eigenvalue weighted by atomic mass is 16.3. The number of aromatic hydroxyl groups is 2. The Morgan fingerprint density at radius 1 is 1.21 bits per heavy atom.